The van der Waals surface area contributed by atoms with Gasteiger partial charge in [-0.15, -0.1) is 23.2 Å². The number of halogens is 5. The molecule has 3 aromatic carbocycles. The Labute approximate surface area is 216 Å². The molecule has 0 aliphatic heterocycles. The Morgan fingerprint density at radius 2 is 1.48 bits per heavy atom. The van der Waals surface area contributed by atoms with Crippen LogP contribution in [0.5, 0.6) is 0 Å². The molecule has 0 spiro atoms. The third kappa shape index (κ3) is 6.92. The minimum atomic E-state index is -1.48. The molecule has 0 fully saturated rings. The van der Waals surface area contributed by atoms with Crippen LogP contribution in [-0.4, -0.2) is 16.1 Å². The second kappa shape index (κ2) is 10.9. The Balaban J connectivity index is 1.81. The highest BCUT2D eigenvalue weighted by atomic mass is 35.5. The number of carbonyl (C=O) groups is 2. The van der Waals surface area contributed by atoms with E-state index < -0.39 is 22.1 Å². The van der Waals surface area contributed by atoms with Gasteiger partial charge in [-0.2, -0.15) is 0 Å². The smallest absolute Gasteiger partial charge is 0.271 e. The van der Waals surface area contributed by atoms with Gasteiger partial charge in [-0.25, -0.2) is 0 Å². The zero-order chi connectivity index (χ0) is 24.2. The van der Waals surface area contributed by atoms with Gasteiger partial charge in [0.15, 0.2) is 0 Å². The summed E-state index contributed by atoms with van der Waals surface area (Å²) in [6, 6.07) is 18.3. The van der Waals surface area contributed by atoms with Crippen LogP contribution in [0.25, 0.3) is 0 Å². The average molecular weight is 546 g/mol. The summed E-state index contributed by atoms with van der Waals surface area (Å²) < 4.78 is -1.48. The predicted octanol–water partition coefficient (Wildman–Crippen LogP) is 7.32. The molecule has 0 saturated carbocycles. The monoisotopic (exact) mass is 543 g/mol. The van der Waals surface area contributed by atoms with Crippen LogP contribution in [0.1, 0.15) is 28.8 Å². The predicted molar refractivity (Wildman–Crippen MR) is 137 cm³/mol. The molecule has 3 N–H and O–H groups in total. The number of hydrogen-bond acceptors (Lipinski definition) is 3. The highest BCUT2D eigenvalue weighted by molar-refractivity contribution is 6.50. The van der Waals surface area contributed by atoms with E-state index in [0.717, 1.165) is 0 Å². The van der Waals surface area contributed by atoms with E-state index in [2.05, 4.69) is 16.2 Å². The molecular weight excluding hydrogens is 528 g/mol. The SMILES string of the molecule is CC(Cl)(Cl)C(C(=O)Nc1ccc(Cl)c(C(=O)NNc2ccccc2)c1)c1cc(Cl)cc(Cl)c1. The Bertz CT molecular complexity index is 1150. The van der Waals surface area contributed by atoms with E-state index in [4.69, 9.17) is 58.0 Å². The maximum absolute atomic E-state index is 13.1. The number of alkyl halides is 2. The highest BCUT2D eigenvalue weighted by Crippen LogP contribution is 2.40. The lowest BCUT2D eigenvalue weighted by atomic mass is 9.94. The maximum atomic E-state index is 13.1. The number of hydrogen-bond donors (Lipinski definition) is 3. The highest BCUT2D eigenvalue weighted by Gasteiger charge is 2.37. The summed E-state index contributed by atoms with van der Waals surface area (Å²) in [5, 5.41) is 3.61. The largest absolute Gasteiger partial charge is 0.325 e. The molecule has 172 valence electrons. The van der Waals surface area contributed by atoms with Gasteiger partial charge >= 0.3 is 0 Å². The van der Waals surface area contributed by atoms with Gasteiger partial charge in [0.05, 0.1) is 22.2 Å². The molecule has 0 radical (unpaired) electrons. The zero-order valence-electron chi connectivity index (χ0n) is 17.1. The Hall–Kier alpha value is -2.15. The van der Waals surface area contributed by atoms with E-state index in [-0.39, 0.29) is 10.6 Å². The number of benzene rings is 3. The Morgan fingerprint density at radius 1 is 0.848 bits per heavy atom. The number of para-hydroxylation sites is 1. The van der Waals surface area contributed by atoms with Crippen molar-refractivity contribution in [1.82, 2.24) is 5.43 Å². The molecule has 3 aromatic rings. The molecule has 33 heavy (non-hydrogen) atoms. The minimum absolute atomic E-state index is 0.153. The quantitative estimate of drug-likeness (QED) is 0.215. The van der Waals surface area contributed by atoms with Crippen LogP contribution >= 0.6 is 58.0 Å². The van der Waals surface area contributed by atoms with Crippen LogP contribution in [0.3, 0.4) is 0 Å². The first kappa shape index (κ1) is 25.5. The number of nitrogens with one attached hydrogen (secondary N) is 3. The number of anilines is 2. The van der Waals surface area contributed by atoms with E-state index in [1.807, 2.05) is 18.2 Å². The molecule has 0 aromatic heterocycles. The number of carbonyl (C=O) groups excluding carboxylic acids is 2. The second-order valence-electron chi connectivity index (χ2n) is 7.22. The van der Waals surface area contributed by atoms with Gasteiger partial charge in [0.1, 0.15) is 4.33 Å². The zero-order valence-corrected chi connectivity index (χ0v) is 20.9. The van der Waals surface area contributed by atoms with Crippen LogP contribution in [0.2, 0.25) is 15.1 Å². The average Bonchev–Trinajstić information content (AvgIpc) is 2.72. The molecule has 0 heterocycles. The topological polar surface area (TPSA) is 70.2 Å². The van der Waals surface area contributed by atoms with Crippen molar-refractivity contribution in [1.29, 1.82) is 0 Å². The molecule has 3 rings (SSSR count). The molecule has 5 nitrogen and oxygen atoms in total. The van der Waals surface area contributed by atoms with E-state index in [1.54, 1.807) is 30.3 Å². The van der Waals surface area contributed by atoms with Crippen molar-refractivity contribution < 1.29 is 9.59 Å². The van der Waals surface area contributed by atoms with Crippen molar-refractivity contribution in [3.63, 3.8) is 0 Å². The summed E-state index contributed by atoms with van der Waals surface area (Å²) in [4.78, 5) is 25.8. The lowest BCUT2D eigenvalue weighted by Crippen LogP contribution is -2.33. The van der Waals surface area contributed by atoms with Gasteiger partial charge in [-0.1, -0.05) is 53.0 Å². The minimum Gasteiger partial charge on any atom is -0.325 e. The van der Waals surface area contributed by atoms with E-state index in [1.165, 1.54) is 25.1 Å². The van der Waals surface area contributed by atoms with Crippen LogP contribution < -0.4 is 16.2 Å². The van der Waals surface area contributed by atoms with Crippen molar-refractivity contribution in [2.75, 3.05) is 10.7 Å². The van der Waals surface area contributed by atoms with Crippen molar-refractivity contribution >= 4 is 81.2 Å². The molecule has 0 bridgehead atoms. The fourth-order valence-electron chi connectivity index (χ4n) is 3.13. The summed E-state index contributed by atoms with van der Waals surface area (Å²) in [5.74, 6) is -2.01. The summed E-state index contributed by atoms with van der Waals surface area (Å²) in [7, 11) is 0. The standard InChI is InChI=1S/C23H18Cl5N3O2/c1-23(27,28)20(13-9-14(24)11-15(25)10-13)22(33)29-17-7-8-19(26)18(12-17)21(32)31-30-16-5-3-2-4-6-16/h2-12,20,30H,1H3,(H,29,33)(H,31,32). The third-order valence-electron chi connectivity index (χ3n) is 4.56. The molecule has 1 atom stereocenters. The van der Waals surface area contributed by atoms with Gasteiger partial charge in [-0.3, -0.25) is 20.4 Å². The van der Waals surface area contributed by atoms with Crippen molar-refractivity contribution in [2.24, 2.45) is 0 Å². The summed E-state index contributed by atoms with van der Waals surface area (Å²) >= 11 is 31.0. The van der Waals surface area contributed by atoms with Crippen LogP contribution in [-0.2, 0) is 4.79 Å². The molecule has 0 aliphatic rings. The lowest BCUT2D eigenvalue weighted by Gasteiger charge is -2.26. The van der Waals surface area contributed by atoms with Crippen molar-refractivity contribution in [3.05, 3.63) is 92.9 Å². The summed E-state index contributed by atoms with van der Waals surface area (Å²) in [6.45, 7) is 1.49. The summed E-state index contributed by atoms with van der Waals surface area (Å²) in [5.41, 5.74) is 6.97. The first-order valence-corrected chi connectivity index (χ1v) is 11.5. The molecule has 2 amide bonds. The third-order valence-corrected chi connectivity index (χ3v) is 5.76. The van der Waals surface area contributed by atoms with E-state index >= 15 is 0 Å². The second-order valence-corrected chi connectivity index (χ2v) is 10.3. The molecule has 10 heteroatoms. The lowest BCUT2D eigenvalue weighted by molar-refractivity contribution is -0.117. The van der Waals surface area contributed by atoms with Gasteiger partial charge in [0.25, 0.3) is 5.91 Å². The van der Waals surface area contributed by atoms with E-state index in [0.29, 0.717) is 27.0 Å². The molecular formula is C23H18Cl5N3O2. The van der Waals surface area contributed by atoms with Crippen LogP contribution in [0, 0.1) is 0 Å². The molecule has 0 saturated heterocycles. The first-order valence-electron chi connectivity index (χ1n) is 9.60. The fraction of sp³-hybridized carbons (Fsp3) is 0.130. The first-order chi connectivity index (χ1) is 15.5. The van der Waals surface area contributed by atoms with E-state index in [9.17, 15) is 9.59 Å². The van der Waals surface area contributed by atoms with Gasteiger partial charge in [0, 0.05) is 15.7 Å². The Kier molecular flexibility index (Phi) is 8.38. The maximum Gasteiger partial charge on any atom is 0.271 e. The van der Waals surface area contributed by atoms with Gasteiger partial charge in [-0.05, 0) is 61.0 Å². The summed E-state index contributed by atoms with van der Waals surface area (Å²) in [6.07, 6.45) is 0. The molecule has 1 unspecified atom stereocenters. The Morgan fingerprint density at radius 3 is 2.09 bits per heavy atom. The fourth-order valence-corrected chi connectivity index (χ4v) is 4.32. The molecule has 0 aliphatic carbocycles. The van der Waals surface area contributed by atoms with Crippen molar-refractivity contribution in [2.45, 2.75) is 17.2 Å². The van der Waals surface area contributed by atoms with Gasteiger partial charge in [0.2, 0.25) is 5.91 Å². The van der Waals surface area contributed by atoms with Crippen LogP contribution in [0.15, 0.2) is 66.7 Å². The van der Waals surface area contributed by atoms with Crippen molar-refractivity contribution in [3.8, 4) is 0 Å². The normalized spacial score (nSPS) is 12.1. The number of hydrazine groups is 1. The number of amides is 2. The number of rotatable bonds is 7. The van der Waals surface area contributed by atoms with Crippen LogP contribution in [0.4, 0.5) is 11.4 Å². The van der Waals surface area contributed by atoms with Gasteiger partial charge < -0.3 is 5.32 Å².